The van der Waals surface area contributed by atoms with Crippen LogP contribution in [0.2, 0.25) is 5.02 Å². The molecule has 0 saturated carbocycles. The minimum absolute atomic E-state index is 0.165. The van der Waals surface area contributed by atoms with Gasteiger partial charge >= 0.3 is 6.03 Å². The summed E-state index contributed by atoms with van der Waals surface area (Å²) < 4.78 is 5.22. The van der Waals surface area contributed by atoms with Gasteiger partial charge in [-0.25, -0.2) is 4.79 Å². The van der Waals surface area contributed by atoms with Gasteiger partial charge in [0.2, 0.25) is 5.91 Å². The molecule has 1 atom stereocenters. The predicted molar refractivity (Wildman–Crippen MR) is 106 cm³/mol. The quantitative estimate of drug-likeness (QED) is 0.603. The first kappa shape index (κ1) is 19.6. The minimum atomic E-state index is -1.36. The molecule has 1 saturated heterocycles. The van der Waals surface area contributed by atoms with Crippen molar-refractivity contribution < 1.29 is 18.9 Å². The van der Waals surface area contributed by atoms with Crippen molar-refractivity contribution in [3.8, 4) is 11.5 Å². The second-order valence-corrected chi connectivity index (χ2v) is 7.35. The van der Waals surface area contributed by atoms with E-state index in [1.54, 1.807) is 43.3 Å². The Hall–Kier alpha value is -3.72. The smallest absolute Gasteiger partial charge is 0.325 e. The van der Waals surface area contributed by atoms with Crippen LogP contribution in [0.5, 0.6) is 0 Å². The van der Waals surface area contributed by atoms with Crippen molar-refractivity contribution in [2.24, 2.45) is 5.73 Å². The van der Waals surface area contributed by atoms with Crippen molar-refractivity contribution in [1.29, 1.82) is 0 Å². The average molecular weight is 426 g/mol. The standard InChI is InChI=1S/C20H16ClN5O4/c1-20(13-4-2-3-12(9-13)16(22)27)18(28)26(19(29)24-20)10-15-23-17(30-25-15)11-5-7-14(21)8-6-11/h2-9H,10H2,1H3,(H2,22,27)(H,24,29). The van der Waals surface area contributed by atoms with Crippen LogP contribution < -0.4 is 11.1 Å². The molecule has 2 heterocycles. The molecule has 3 aromatic rings. The lowest BCUT2D eigenvalue weighted by Gasteiger charge is -2.22. The number of hydrogen-bond acceptors (Lipinski definition) is 6. The van der Waals surface area contributed by atoms with E-state index < -0.39 is 23.4 Å². The minimum Gasteiger partial charge on any atom is -0.366 e. The van der Waals surface area contributed by atoms with Crippen LogP contribution in [0.1, 0.15) is 28.7 Å². The SMILES string of the molecule is CC1(c2cccc(C(N)=O)c2)NC(=O)N(Cc2noc(-c3ccc(Cl)cc3)n2)C1=O. The highest BCUT2D eigenvalue weighted by Crippen LogP contribution is 2.30. The van der Waals surface area contributed by atoms with E-state index >= 15 is 0 Å². The molecule has 10 heteroatoms. The number of rotatable bonds is 5. The molecule has 0 spiro atoms. The van der Waals surface area contributed by atoms with Gasteiger partial charge in [-0.3, -0.25) is 14.5 Å². The number of nitrogens with one attached hydrogen (secondary N) is 1. The third-order valence-electron chi connectivity index (χ3n) is 4.86. The van der Waals surface area contributed by atoms with Crippen LogP contribution in [-0.4, -0.2) is 32.9 Å². The van der Waals surface area contributed by atoms with Gasteiger partial charge in [-0.1, -0.05) is 28.9 Å². The van der Waals surface area contributed by atoms with Crippen LogP contribution in [-0.2, 0) is 16.9 Å². The summed E-state index contributed by atoms with van der Waals surface area (Å²) in [6.45, 7) is 1.38. The van der Waals surface area contributed by atoms with Gasteiger partial charge < -0.3 is 15.6 Å². The van der Waals surface area contributed by atoms with Crippen LogP contribution in [0.15, 0.2) is 53.1 Å². The van der Waals surface area contributed by atoms with Crippen LogP contribution in [0, 0.1) is 0 Å². The molecule has 0 aliphatic carbocycles. The monoisotopic (exact) mass is 425 g/mol. The lowest BCUT2D eigenvalue weighted by Crippen LogP contribution is -2.41. The van der Waals surface area contributed by atoms with E-state index in [-0.39, 0.29) is 23.8 Å². The number of primary amides is 1. The summed E-state index contributed by atoms with van der Waals surface area (Å²) in [7, 11) is 0. The van der Waals surface area contributed by atoms with Gasteiger partial charge in [0, 0.05) is 16.1 Å². The number of hydrogen-bond donors (Lipinski definition) is 2. The summed E-state index contributed by atoms with van der Waals surface area (Å²) in [5, 5.41) is 7.08. The molecule has 9 nitrogen and oxygen atoms in total. The Labute approximate surface area is 175 Å². The van der Waals surface area contributed by atoms with E-state index in [0.717, 1.165) is 4.90 Å². The van der Waals surface area contributed by atoms with Gasteiger partial charge in [0.25, 0.3) is 11.8 Å². The number of imide groups is 1. The van der Waals surface area contributed by atoms with Gasteiger partial charge in [0.05, 0.1) is 6.54 Å². The second kappa shape index (κ2) is 7.27. The Bertz CT molecular complexity index is 1160. The highest BCUT2D eigenvalue weighted by molar-refractivity contribution is 6.30. The molecule has 1 aliphatic heterocycles. The predicted octanol–water partition coefficient (Wildman–Crippen LogP) is 2.46. The van der Waals surface area contributed by atoms with Crippen LogP contribution in [0.25, 0.3) is 11.5 Å². The number of halogens is 1. The molecule has 4 rings (SSSR count). The number of carbonyl (C=O) groups is 3. The lowest BCUT2D eigenvalue weighted by molar-refractivity contribution is -0.131. The number of carbonyl (C=O) groups excluding carboxylic acids is 3. The Balaban J connectivity index is 1.57. The fraction of sp³-hybridized carbons (Fsp3) is 0.150. The maximum atomic E-state index is 13.1. The largest absolute Gasteiger partial charge is 0.366 e. The molecule has 0 radical (unpaired) electrons. The van der Waals surface area contributed by atoms with Gasteiger partial charge in [0.15, 0.2) is 5.82 Å². The van der Waals surface area contributed by atoms with E-state index in [4.69, 9.17) is 21.9 Å². The summed E-state index contributed by atoms with van der Waals surface area (Å²) in [6, 6.07) is 12.5. The number of nitrogens with two attached hydrogens (primary N) is 1. The van der Waals surface area contributed by atoms with Crippen molar-refractivity contribution in [2.75, 3.05) is 0 Å². The molecular formula is C20H16ClN5O4. The van der Waals surface area contributed by atoms with Crippen molar-refractivity contribution in [3.63, 3.8) is 0 Å². The maximum absolute atomic E-state index is 13.1. The maximum Gasteiger partial charge on any atom is 0.325 e. The zero-order chi connectivity index (χ0) is 21.5. The van der Waals surface area contributed by atoms with Gasteiger partial charge in [-0.15, -0.1) is 0 Å². The molecule has 1 aliphatic rings. The topological polar surface area (TPSA) is 131 Å². The molecule has 1 fully saturated rings. The summed E-state index contributed by atoms with van der Waals surface area (Å²) >= 11 is 5.87. The zero-order valence-corrected chi connectivity index (χ0v) is 16.5. The Kier molecular flexibility index (Phi) is 4.75. The Morgan fingerprint density at radius 2 is 1.97 bits per heavy atom. The first-order valence-electron chi connectivity index (χ1n) is 8.91. The second-order valence-electron chi connectivity index (χ2n) is 6.91. The van der Waals surface area contributed by atoms with Crippen molar-refractivity contribution in [3.05, 3.63) is 70.5 Å². The van der Waals surface area contributed by atoms with Gasteiger partial charge in [-0.05, 0) is 48.9 Å². The highest BCUT2D eigenvalue weighted by atomic mass is 35.5. The fourth-order valence-corrected chi connectivity index (χ4v) is 3.31. The third-order valence-corrected chi connectivity index (χ3v) is 5.11. The number of amides is 4. The van der Waals surface area contributed by atoms with Crippen molar-refractivity contribution in [1.82, 2.24) is 20.4 Å². The van der Waals surface area contributed by atoms with E-state index in [9.17, 15) is 14.4 Å². The van der Waals surface area contributed by atoms with E-state index in [2.05, 4.69) is 15.5 Å². The number of aromatic nitrogens is 2. The Morgan fingerprint density at radius 1 is 1.23 bits per heavy atom. The number of benzene rings is 2. The van der Waals surface area contributed by atoms with Gasteiger partial charge in [0.1, 0.15) is 5.54 Å². The number of nitrogens with zero attached hydrogens (tertiary/aromatic N) is 3. The Morgan fingerprint density at radius 3 is 2.67 bits per heavy atom. The van der Waals surface area contributed by atoms with Crippen LogP contribution in [0.3, 0.4) is 0 Å². The summed E-state index contributed by atoms with van der Waals surface area (Å²) in [5.41, 5.74) is 5.29. The van der Waals surface area contributed by atoms with E-state index in [0.29, 0.717) is 16.1 Å². The van der Waals surface area contributed by atoms with E-state index in [1.807, 2.05) is 0 Å². The molecule has 152 valence electrons. The first-order chi connectivity index (χ1) is 14.3. The third kappa shape index (κ3) is 3.39. The highest BCUT2D eigenvalue weighted by Gasteiger charge is 2.49. The fourth-order valence-electron chi connectivity index (χ4n) is 3.19. The summed E-state index contributed by atoms with van der Waals surface area (Å²) in [5.74, 6) is -0.730. The van der Waals surface area contributed by atoms with Crippen molar-refractivity contribution >= 4 is 29.4 Å². The summed E-state index contributed by atoms with van der Waals surface area (Å²) in [6.07, 6.45) is 0. The molecule has 3 N–H and O–H groups in total. The molecule has 4 amide bonds. The van der Waals surface area contributed by atoms with E-state index in [1.165, 1.54) is 12.1 Å². The zero-order valence-electron chi connectivity index (χ0n) is 15.8. The summed E-state index contributed by atoms with van der Waals surface area (Å²) in [4.78, 5) is 42.3. The normalized spacial score (nSPS) is 18.5. The van der Waals surface area contributed by atoms with Crippen LogP contribution in [0.4, 0.5) is 4.79 Å². The average Bonchev–Trinajstić information content (AvgIpc) is 3.28. The first-order valence-corrected chi connectivity index (χ1v) is 9.29. The van der Waals surface area contributed by atoms with Crippen LogP contribution >= 0.6 is 11.6 Å². The van der Waals surface area contributed by atoms with Crippen molar-refractivity contribution in [2.45, 2.75) is 19.0 Å². The molecule has 0 bridgehead atoms. The molecule has 30 heavy (non-hydrogen) atoms. The molecule has 1 unspecified atom stereocenters. The molecule has 2 aromatic carbocycles. The molecular weight excluding hydrogens is 410 g/mol. The molecule has 1 aromatic heterocycles. The van der Waals surface area contributed by atoms with Gasteiger partial charge in [-0.2, -0.15) is 4.98 Å². The lowest BCUT2D eigenvalue weighted by atomic mass is 9.90. The number of urea groups is 1.